The molecule has 0 unspecified atom stereocenters. The predicted octanol–water partition coefficient (Wildman–Crippen LogP) is 2.12. The van der Waals surface area contributed by atoms with E-state index in [9.17, 15) is 9.50 Å². The van der Waals surface area contributed by atoms with Crippen molar-refractivity contribution in [3.63, 3.8) is 0 Å². The number of allylic oxidation sites excluding steroid dienone is 1. The Labute approximate surface area is 132 Å². The maximum atomic E-state index is 14.2. The number of halogens is 1. The number of nitrogens with one attached hydrogen (secondary N) is 1. The number of pyridine rings is 1. The van der Waals surface area contributed by atoms with Crippen LogP contribution in [0.2, 0.25) is 0 Å². The number of fused-ring (bicyclic) bond motifs is 3. The van der Waals surface area contributed by atoms with Crippen molar-refractivity contribution in [2.75, 3.05) is 10.0 Å². The Morgan fingerprint density at radius 3 is 2.74 bits per heavy atom. The van der Waals surface area contributed by atoms with Crippen LogP contribution in [0.4, 0.5) is 15.8 Å². The summed E-state index contributed by atoms with van der Waals surface area (Å²) in [7, 11) is 0. The highest BCUT2D eigenvalue weighted by Gasteiger charge is 2.36. The van der Waals surface area contributed by atoms with Crippen LogP contribution in [0.1, 0.15) is 17.7 Å². The Morgan fingerprint density at radius 2 is 2.00 bits per heavy atom. The van der Waals surface area contributed by atoms with Gasteiger partial charge in [-0.25, -0.2) is 9.40 Å². The van der Waals surface area contributed by atoms with Crippen molar-refractivity contribution in [3.05, 3.63) is 65.2 Å². The molecule has 2 aliphatic heterocycles. The summed E-state index contributed by atoms with van der Waals surface area (Å²) < 4.78 is 14.2. The van der Waals surface area contributed by atoms with Crippen LogP contribution in [0.25, 0.3) is 0 Å². The first-order valence-electron chi connectivity index (χ1n) is 7.14. The summed E-state index contributed by atoms with van der Waals surface area (Å²) in [5, 5.41) is 13.6. The van der Waals surface area contributed by atoms with E-state index in [1.807, 2.05) is 25.1 Å². The fraction of sp³-hybridized carbons (Fsp3) is 0.188. The van der Waals surface area contributed by atoms with Gasteiger partial charge in [-0.15, -0.1) is 5.53 Å². The highest BCUT2D eigenvalue weighted by atomic mass is 19.1. The molecule has 3 heterocycles. The zero-order valence-electron chi connectivity index (χ0n) is 12.5. The van der Waals surface area contributed by atoms with Crippen molar-refractivity contribution in [2.45, 2.75) is 19.8 Å². The number of hydrogen-bond acceptors (Lipinski definition) is 5. The molecule has 1 aromatic carbocycles. The normalized spacial score (nSPS) is 16.1. The lowest BCUT2D eigenvalue weighted by Gasteiger charge is -2.29. The van der Waals surface area contributed by atoms with E-state index in [0.29, 0.717) is 29.9 Å². The third-order valence-corrected chi connectivity index (χ3v) is 4.02. The Bertz CT molecular complexity index is 776. The van der Waals surface area contributed by atoms with E-state index in [4.69, 9.17) is 0 Å². The average Bonchev–Trinajstić information content (AvgIpc) is 2.85. The largest absolute Gasteiger partial charge is 0.492 e. The van der Waals surface area contributed by atoms with E-state index in [-0.39, 0.29) is 17.2 Å². The zero-order chi connectivity index (χ0) is 15.3. The molecule has 0 radical (unpaired) electrons. The SMILES string of the molecule is Cc1ccc(N2NN3C(=C2O)CCc2cccc(F)c23)cn1.O. The highest BCUT2D eigenvalue weighted by molar-refractivity contribution is 5.66. The highest BCUT2D eigenvalue weighted by Crippen LogP contribution is 2.38. The van der Waals surface area contributed by atoms with Crippen LogP contribution in [-0.2, 0) is 6.42 Å². The lowest BCUT2D eigenvalue weighted by molar-refractivity contribution is 0.386. The molecule has 0 saturated heterocycles. The second-order valence-electron chi connectivity index (χ2n) is 5.45. The van der Waals surface area contributed by atoms with E-state index >= 15 is 0 Å². The van der Waals surface area contributed by atoms with Gasteiger partial charge in [-0.3, -0.25) is 9.99 Å². The lowest BCUT2D eigenvalue weighted by atomic mass is 10.0. The van der Waals surface area contributed by atoms with E-state index in [2.05, 4.69) is 10.5 Å². The Hall–Kier alpha value is -2.64. The number of aliphatic hydroxyl groups is 1. The van der Waals surface area contributed by atoms with Crippen LogP contribution in [0.5, 0.6) is 0 Å². The van der Waals surface area contributed by atoms with Gasteiger partial charge in [0.2, 0.25) is 5.88 Å². The minimum Gasteiger partial charge on any atom is -0.492 e. The number of hydrazine groups is 2. The first-order valence-corrected chi connectivity index (χ1v) is 7.14. The molecular formula is C16H17FN4O2. The molecule has 1 aromatic heterocycles. The van der Waals surface area contributed by atoms with Gasteiger partial charge in [0.05, 0.1) is 23.3 Å². The van der Waals surface area contributed by atoms with Crippen LogP contribution in [0.3, 0.4) is 0 Å². The topological polar surface area (TPSA) is 83.1 Å². The maximum absolute atomic E-state index is 14.2. The van der Waals surface area contributed by atoms with Gasteiger partial charge in [0.25, 0.3) is 0 Å². The molecule has 0 bridgehead atoms. The van der Waals surface area contributed by atoms with E-state index < -0.39 is 0 Å². The van der Waals surface area contributed by atoms with Crippen LogP contribution >= 0.6 is 0 Å². The molecule has 0 spiro atoms. The van der Waals surface area contributed by atoms with Crippen molar-refractivity contribution < 1.29 is 15.0 Å². The Morgan fingerprint density at radius 1 is 1.17 bits per heavy atom. The van der Waals surface area contributed by atoms with Crippen molar-refractivity contribution in [1.82, 2.24) is 10.5 Å². The standard InChI is InChI=1S/C16H15FN4O.H2O/c1-10-5-7-12(9-18-10)20-16(22)14-8-6-11-3-2-4-13(17)15(11)21(14)19-20;/h2-5,7,9,19,22H,6,8H2,1H3;1H2. The summed E-state index contributed by atoms with van der Waals surface area (Å²) >= 11 is 0. The van der Waals surface area contributed by atoms with E-state index in [1.54, 1.807) is 17.3 Å². The fourth-order valence-corrected chi connectivity index (χ4v) is 2.88. The minimum absolute atomic E-state index is 0. The van der Waals surface area contributed by atoms with E-state index in [1.165, 1.54) is 11.1 Å². The summed E-state index contributed by atoms with van der Waals surface area (Å²) in [6.07, 6.45) is 3.01. The predicted molar refractivity (Wildman–Crippen MR) is 85.1 cm³/mol. The average molecular weight is 316 g/mol. The molecule has 2 aromatic rings. The van der Waals surface area contributed by atoms with Crippen LogP contribution in [-0.4, -0.2) is 15.6 Å². The number of anilines is 2. The molecule has 0 atom stereocenters. The number of nitrogens with zero attached hydrogens (tertiary/aromatic N) is 3. The van der Waals surface area contributed by atoms with Crippen molar-refractivity contribution in [1.29, 1.82) is 0 Å². The Kier molecular flexibility index (Phi) is 3.67. The third-order valence-electron chi connectivity index (χ3n) is 4.02. The lowest BCUT2D eigenvalue weighted by Crippen LogP contribution is -2.43. The van der Waals surface area contributed by atoms with Crippen LogP contribution in [0.15, 0.2) is 48.1 Å². The number of aryl methyl sites for hydroxylation is 2. The molecule has 2 aliphatic rings. The molecule has 0 saturated carbocycles. The molecule has 7 heteroatoms. The van der Waals surface area contributed by atoms with Crippen molar-refractivity contribution in [3.8, 4) is 0 Å². The van der Waals surface area contributed by atoms with Crippen LogP contribution in [0, 0.1) is 12.7 Å². The van der Waals surface area contributed by atoms with Gasteiger partial charge in [0.1, 0.15) is 5.82 Å². The quantitative estimate of drug-likeness (QED) is 0.842. The van der Waals surface area contributed by atoms with E-state index in [0.717, 1.165) is 11.3 Å². The molecule has 0 aliphatic carbocycles. The number of rotatable bonds is 1. The molecule has 23 heavy (non-hydrogen) atoms. The summed E-state index contributed by atoms with van der Waals surface area (Å²) in [6, 6.07) is 8.76. The van der Waals surface area contributed by atoms with Gasteiger partial charge < -0.3 is 10.6 Å². The first kappa shape index (κ1) is 15.3. The monoisotopic (exact) mass is 316 g/mol. The number of aliphatic hydroxyl groups excluding tert-OH is 1. The second-order valence-corrected chi connectivity index (χ2v) is 5.45. The number of hydrogen-bond donors (Lipinski definition) is 2. The molecule has 6 nitrogen and oxygen atoms in total. The third kappa shape index (κ3) is 2.30. The first-order chi connectivity index (χ1) is 10.6. The Balaban J connectivity index is 0.00000156. The van der Waals surface area contributed by atoms with Gasteiger partial charge in [0, 0.05) is 5.69 Å². The minimum atomic E-state index is -0.307. The van der Waals surface area contributed by atoms with Crippen molar-refractivity contribution in [2.24, 2.45) is 0 Å². The zero-order valence-corrected chi connectivity index (χ0v) is 12.5. The molecule has 120 valence electrons. The van der Waals surface area contributed by atoms with Crippen molar-refractivity contribution >= 4 is 11.4 Å². The van der Waals surface area contributed by atoms with Gasteiger partial charge in [-0.1, -0.05) is 12.1 Å². The second kappa shape index (κ2) is 5.53. The molecule has 4 N–H and O–H groups in total. The summed E-state index contributed by atoms with van der Waals surface area (Å²) in [4.78, 5) is 4.23. The summed E-state index contributed by atoms with van der Waals surface area (Å²) in [5.74, 6) is -0.224. The smallest absolute Gasteiger partial charge is 0.229 e. The molecule has 4 rings (SSSR count). The number of para-hydroxylation sites is 1. The summed E-state index contributed by atoms with van der Waals surface area (Å²) in [6.45, 7) is 1.90. The van der Waals surface area contributed by atoms with Crippen LogP contribution < -0.4 is 15.6 Å². The molecule has 0 amide bonds. The maximum Gasteiger partial charge on any atom is 0.229 e. The fourth-order valence-electron chi connectivity index (χ4n) is 2.88. The molecular weight excluding hydrogens is 299 g/mol. The van der Waals surface area contributed by atoms with Gasteiger partial charge >= 0.3 is 0 Å². The molecule has 0 fully saturated rings. The van der Waals surface area contributed by atoms with Gasteiger partial charge in [0.15, 0.2) is 0 Å². The van der Waals surface area contributed by atoms with Gasteiger partial charge in [-0.2, -0.15) is 0 Å². The van der Waals surface area contributed by atoms with Gasteiger partial charge in [-0.05, 0) is 43.5 Å². The summed E-state index contributed by atoms with van der Waals surface area (Å²) in [5.41, 5.74) is 6.69. The number of aromatic nitrogens is 1. The number of benzene rings is 1.